The molecule has 0 unspecified atom stereocenters. The van der Waals surface area contributed by atoms with Crippen LogP contribution >= 0.6 is 0 Å². The van der Waals surface area contributed by atoms with E-state index in [4.69, 9.17) is 14.0 Å². The Morgan fingerprint density at radius 3 is 2.74 bits per heavy atom. The molecule has 0 bridgehead atoms. The number of nitrogens with zero attached hydrogens (tertiary/aromatic N) is 5. The van der Waals surface area contributed by atoms with Crippen molar-refractivity contribution in [1.82, 2.24) is 24.8 Å². The predicted octanol–water partition coefficient (Wildman–Crippen LogP) is 3.53. The number of rotatable bonds is 4. The summed E-state index contributed by atoms with van der Waals surface area (Å²) < 4.78 is 18.5. The number of hydrogen-bond donors (Lipinski definition) is 0. The van der Waals surface area contributed by atoms with Gasteiger partial charge in [0.2, 0.25) is 11.7 Å². The molecule has 2 aliphatic heterocycles. The van der Waals surface area contributed by atoms with E-state index in [1.165, 1.54) is 0 Å². The number of benzene rings is 1. The molecule has 4 heterocycles. The minimum atomic E-state index is -0.239. The van der Waals surface area contributed by atoms with Gasteiger partial charge < -0.3 is 18.9 Å². The van der Waals surface area contributed by atoms with E-state index in [1.54, 1.807) is 4.90 Å². The number of piperidine rings is 1. The number of hydrogen-bond acceptors (Lipinski definition) is 7. The zero-order valence-electron chi connectivity index (χ0n) is 17.5. The minimum Gasteiger partial charge on any atom is -0.443 e. The van der Waals surface area contributed by atoms with Crippen molar-refractivity contribution in [2.24, 2.45) is 0 Å². The van der Waals surface area contributed by atoms with E-state index < -0.39 is 0 Å². The highest BCUT2D eigenvalue weighted by Crippen LogP contribution is 2.39. The first-order chi connectivity index (χ1) is 15.1. The monoisotopic (exact) mass is 423 g/mol. The maximum absolute atomic E-state index is 12.3. The largest absolute Gasteiger partial charge is 0.443 e. The normalized spacial score (nSPS) is 21.3. The number of aromatic nitrogens is 4. The molecule has 0 N–H and O–H groups in total. The van der Waals surface area contributed by atoms with Crippen LogP contribution in [-0.2, 0) is 9.47 Å². The van der Waals surface area contributed by atoms with Crippen LogP contribution in [0.15, 0.2) is 28.9 Å². The van der Waals surface area contributed by atoms with E-state index in [2.05, 4.69) is 21.3 Å². The molecule has 2 saturated heterocycles. The maximum Gasteiger partial charge on any atom is 0.410 e. The molecule has 0 atom stereocenters. The number of fused-ring (bicyclic) bond motifs is 1. The van der Waals surface area contributed by atoms with Crippen LogP contribution < -0.4 is 0 Å². The van der Waals surface area contributed by atoms with Crippen LogP contribution in [0.3, 0.4) is 0 Å². The van der Waals surface area contributed by atoms with Crippen molar-refractivity contribution in [3.05, 3.63) is 30.3 Å². The highest BCUT2D eigenvalue weighted by atomic mass is 16.6. The van der Waals surface area contributed by atoms with Crippen molar-refractivity contribution in [2.75, 3.05) is 26.3 Å². The molecule has 1 saturated carbocycles. The Hall–Kier alpha value is -2.94. The Kier molecular flexibility index (Phi) is 4.27. The molecule has 3 aromatic rings. The van der Waals surface area contributed by atoms with E-state index in [9.17, 15) is 4.79 Å². The third-order valence-corrected chi connectivity index (χ3v) is 6.65. The van der Waals surface area contributed by atoms with Gasteiger partial charge in [0, 0.05) is 30.0 Å². The average Bonchev–Trinajstić information content (AvgIpc) is 3.15. The zero-order valence-corrected chi connectivity index (χ0v) is 17.5. The van der Waals surface area contributed by atoms with Crippen molar-refractivity contribution < 1.29 is 18.8 Å². The van der Waals surface area contributed by atoms with Crippen LogP contribution in [0.4, 0.5) is 4.79 Å². The molecule has 6 rings (SSSR count). The molecule has 2 aromatic heterocycles. The smallest absolute Gasteiger partial charge is 0.410 e. The summed E-state index contributed by atoms with van der Waals surface area (Å²) in [5.74, 6) is 1.37. The number of carbonyl (C=O) groups excluding carboxylic acids is 1. The maximum atomic E-state index is 12.3. The second kappa shape index (κ2) is 7.05. The number of ether oxygens (including phenoxy) is 2. The Bertz CT molecular complexity index is 1120. The lowest BCUT2D eigenvalue weighted by Crippen LogP contribution is -2.39. The molecule has 3 fully saturated rings. The lowest BCUT2D eigenvalue weighted by molar-refractivity contribution is -0.0266. The van der Waals surface area contributed by atoms with Gasteiger partial charge in [-0.25, -0.2) is 4.79 Å². The SMILES string of the molecule is CC1(OC(=O)N2CCC(c3nc(-c4ccc5cnn(C6COC6)c5c4)no3)CC2)CC1. The summed E-state index contributed by atoms with van der Waals surface area (Å²) in [6.07, 6.45) is 5.18. The molecule has 3 aliphatic rings. The Labute approximate surface area is 179 Å². The standard InChI is InChI=1S/C22H25N5O4/c1-22(6-7-22)30-21(28)26-8-4-14(5-9-26)20-24-19(25-31-20)15-2-3-16-11-23-27(18(16)10-15)17-12-29-13-17/h2-3,10-11,14,17H,4-9,12-13H2,1H3. The molecular formula is C22H25N5O4. The molecule has 1 amide bonds. The van der Waals surface area contributed by atoms with Gasteiger partial charge in [0.15, 0.2) is 0 Å². The predicted molar refractivity (Wildman–Crippen MR) is 111 cm³/mol. The van der Waals surface area contributed by atoms with Gasteiger partial charge in [-0.15, -0.1) is 0 Å². The summed E-state index contributed by atoms with van der Waals surface area (Å²) >= 11 is 0. The van der Waals surface area contributed by atoms with E-state index >= 15 is 0 Å². The van der Waals surface area contributed by atoms with E-state index in [-0.39, 0.29) is 23.7 Å². The summed E-state index contributed by atoms with van der Waals surface area (Å²) in [5, 5.41) is 9.82. The molecular weight excluding hydrogens is 398 g/mol. The van der Waals surface area contributed by atoms with Crippen LogP contribution in [0.25, 0.3) is 22.3 Å². The van der Waals surface area contributed by atoms with Crippen molar-refractivity contribution in [3.8, 4) is 11.4 Å². The quantitative estimate of drug-likeness (QED) is 0.633. The second-order valence-corrected chi connectivity index (χ2v) is 9.09. The number of likely N-dealkylation sites (tertiary alicyclic amines) is 1. The zero-order chi connectivity index (χ0) is 21.0. The van der Waals surface area contributed by atoms with Gasteiger partial charge in [-0.05, 0) is 38.7 Å². The highest BCUT2D eigenvalue weighted by molar-refractivity contribution is 5.83. The minimum absolute atomic E-state index is 0.156. The fourth-order valence-corrected chi connectivity index (χ4v) is 4.21. The van der Waals surface area contributed by atoms with Gasteiger partial charge >= 0.3 is 6.09 Å². The summed E-state index contributed by atoms with van der Waals surface area (Å²) in [6, 6.07) is 6.38. The van der Waals surface area contributed by atoms with Crippen LogP contribution in [0.1, 0.15) is 50.5 Å². The molecule has 31 heavy (non-hydrogen) atoms. The molecule has 1 aliphatic carbocycles. The molecule has 9 nitrogen and oxygen atoms in total. The van der Waals surface area contributed by atoms with Crippen molar-refractivity contribution >= 4 is 17.0 Å². The fraction of sp³-hybridized carbons (Fsp3) is 0.545. The summed E-state index contributed by atoms with van der Waals surface area (Å²) in [5.41, 5.74) is 1.72. The third kappa shape index (κ3) is 3.46. The van der Waals surface area contributed by atoms with Crippen molar-refractivity contribution in [3.63, 3.8) is 0 Å². The van der Waals surface area contributed by atoms with E-state index in [1.807, 2.05) is 29.9 Å². The first kappa shape index (κ1) is 18.8. The first-order valence-electron chi connectivity index (χ1n) is 10.9. The summed E-state index contributed by atoms with van der Waals surface area (Å²) in [7, 11) is 0. The molecule has 162 valence electrons. The van der Waals surface area contributed by atoms with Crippen LogP contribution in [0.2, 0.25) is 0 Å². The van der Waals surface area contributed by atoms with E-state index in [0.717, 1.165) is 42.1 Å². The molecule has 1 aromatic carbocycles. The number of carbonyl (C=O) groups is 1. The Morgan fingerprint density at radius 2 is 2.03 bits per heavy atom. The lowest BCUT2D eigenvalue weighted by atomic mass is 9.97. The van der Waals surface area contributed by atoms with Crippen LogP contribution in [-0.4, -0.2) is 62.8 Å². The molecule has 9 heteroatoms. The average molecular weight is 423 g/mol. The van der Waals surface area contributed by atoms with E-state index in [0.29, 0.717) is 38.0 Å². The van der Waals surface area contributed by atoms with Gasteiger partial charge in [-0.3, -0.25) is 4.68 Å². The Balaban J connectivity index is 1.15. The van der Waals surface area contributed by atoms with Crippen LogP contribution in [0, 0.1) is 0 Å². The van der Waals surface area contributed by atoms with Crippen molar-refractivity contribution in [2.45, 2.75) is 50.2 Å². The first-order valence-corrected chi connectivity index (χ1v) is 10.9. The summed E-state index contributed by atoms with van der Waals surface area (Å²) in [6.45, 7) is 4.66. The Morgan fingerprint density at radius 1 is 1.23 bits per heavy atom. The van der Waals surface area contributed by atoms with Gasteiger partial charge in [-0.1, -0.05) is 17.3 Å². The van der Waals surface area contributed by atoms with Gasteiger partial charge in [-0.2, -0.15) is 10.1 Å². The lowest BCUT2D eigenvalue weighted by Gasteiger charge is -2.30. The second-order valence-electron chi connectivity index (χ2n) is 9.09. The topological polar surface area (TPSA) is 95.5 Å². The molecule has 0 radical (unpaired) electrons. The van der Waals surface area contributed by atoms with Crippen LogP contribution in [0.5, 0.6) is 0 Å². The van der Waals surface area contributed by atoms with Gasteiger partial charge in [0.05, 0.1) is 31.0 Å². The number of amides is 1. The third-order valence-electron chi connectivity index (χ3n) is 6.65. The van der Waals surface area contributed by atoms with Crippen molar-refractivity contribution in [1.29, 1.82) is 0 Å². The molecule has 0 spiro atoms. The van der Waals surface area contributed by atoms with Gasteiger partial charge in [0.25, 0.3) is 0 Å². The highest BCUT2D eigenvalue weighted by Gasteiger charge is 2.43. The van der Waals surface area contributed by atoms with Gasteiger partial charge in [0.1, 0.15) is 5.60 Å². The fourth-order valence-electron chi connectivity index (χ4n) is 4.21. The summed E-state index contributed by atoms with van der Waals surface area (Å²) in [4.78, 5) is 18.8.